The lowest BCUT2D eigenvalue weighted by Crippen LogP contribution is -2.51. The summed E-state index contributed by atoms with van der Waals surface area (Å²) < 4.78 is 15.0. The number of nitrogens with zero attached hydrogens (tertiary/aromatic N) is 4. The van der Waals surface area contributed by atoms with E-state index in [0.717, 1.165) is 5.56 Å². The number of rotatable bonds is 5. The Hall–Kier alpha value is -4.32. The molecule has 38 heavy (non-hydrogen) atoms. The third-order valence-corrected chi connectivity index (χ3v) is 7.64. The molecule has 1 aromatic heterocycles. The van der Waals surface area contributed by atoms with Crippen molar-refractivity contribution >= 4 is 34.2 Å². The van der Waals surface area contributed by atoms with Crippen LogP contribution in [-0.4, -0.2) is 58.3 Å². The molecule has 194 valence electrons. The molecule has 0 aliphatic carbocycles. The number of carbonyl (C=O) groups is 3. The van der Waals surface area contributed by atoms with Crippen molar-refractivity contribution in [3.8, 4) is 0 Å². The Morgan fingerprint density at radius 2 is 2.03 bits per heavy atom. The summed E-state index contributed by atoms with van der Waals surface area (Å²) >= 11 is 0. The van der Waals surface area contributed by atoms with E-state index in [2.05, 4.69) is 15.1 Å². The van der Waals surface area contributed by atoms with Crippen LogP contribution >= 0.6 is 0 Å². The van der Waals surface area contributed by atoms with Gasteiger partial charge in [0.05, 0.1) is 12.0 Å². The lowest BCUT2D eigenvalue weighted by atomic mass is 9.80. The molecular weight excluding hydrogens is 485 g/mol. The zero-order valence-corrected chi connectivity index (χ0v) is 21.4. The van der Waals surface area contributed by atoms with Crippen molar-refractivity contribution in [2.24, 2.45) is 5.92 Å². The standard InChI is InChI=1S/C29H28FN5O3/c1-17(2)13-23(34(4)27(37)25-19-15-32-12-11-18(19)9-10-21(25)30)26(36)35-16-29(14-24(35)31-3)20-7-5-6-8-22(20)33-28(29)38/h5-12,15,17,23-24H,13-14,16H2,1-2,4H3,(H,33,38)/t23-,24-,29-/m0/s1. The molecule has 1 N–H and O–H groups in total. The molecule has 1 fully saturated rings. The summed E-state index contributed by atoms with van der Waals surface area (Å²) in [6, 6.07) is 10.9. The number of pyridine rings is 1. The van der Waals surface area contributed by atoms with E-state index < -0.39 is 35.3 Å². The number of amides is 3. The second kappa shape index (κ2) is 9.53. The number of carbonyl (C=O) groups excluding carboxylic acids is 3. The van der Waals surface area contributed by atoms with E-state index >= 15 is 4.39 Å². The summed E-state index contributed by atoms with van der Waals surface area (Å²) in [6.07, 6.45) is 2.61. The molecule has 1 saturated heterocycles. The lowest BCUT2D eigenvalue weighted by molar-refractivity contribution is -0.136. The van der Waals surface area contributed by atoms with Crippen LogP contribution in [-0.2, 0) is 15.0 Å². The Labute approximate surface area is 220 Å². The van der Waals surface area contributed by atoms with Gasteiger partial charge in [-0.05, 0) is 41.5 Å². The van der Waals surface area contributed by atoms with E-state index in [4.69, 9.17) is 6.57 Å². The van der Waals surface area contributed by atoms with Gasteiger partial charge in [0, 0.05) is 37.1 Å². The van der Waals surface area contributed by atoms with E-state index in [-0.39, 0.29) is 30.4 Å². The van der Waals surface area contributed by atoms with Gasteiger partial charge in [0.15, 0.2) is 0 Å². The van der Waals surface area contributed by atoms with E-state index in [0.29, 0.717) is 22.9 Å². The minimum atomic E-state index is -1.03. The van der Waals surface area contributed by atoms with E-state index in [1.165, 1.54) is 29.1 Å². The first kappa shape index (κ1) is 25.3. The molecule has 2 aliphatic heterocycles. The zero-order valence-electron chi connectivity index (χ0n) is 21.4. The fourth-order valence-electron chi connectivity index (χ4n) is 5.69. The van der Waals surface area contributed by atoms with Gasteiger partial charge in [-0.25, -0.2) is 11.0 Å². The second-order valence-electron chi connectivity index (χ2n) is 10.4. The van der Waals surface area contributed by atoms with Crippen molar-refractivity contribution in [1.29, 1.82) is 0 Å². The van der Waals surface area contributed by atoms with Crippen molar-refractivity contribution in [2.45, 2.75) is 44.3 Å². The third kappa shape index (κ3) is 3.97. The number of nitrogens with one attached hydrogen (secondary N) is 1. The van der Waals surface area contributed by atoms with Crippen molar-refractivity contribution in [1.82, 2.24) is 14.8 Å². The molecule has 3 aromatic rings. The Morgan fingerprint density at radius 1 is 1.26 bits per heavy atom. The molecule has 5 rings (SSSR count). The fraction of sp³-hybridized carbons (Fsp3) is 0.345. The summed E-state index contributed by atoms with van der Waals surface area (Å²) in [5.41, 5.74) is 0.272. The van der Waals surface area contributed by atoms with E-state index in [1.807, 2.05) is 32.0 Å². The zero-order chi connectivity index (χ0) is 27.2. The maximum absolute atomic E-state index is 15.0. The van der Waals surface area contributed by atoms with E-state index in [9.17, 15) is 14.4 Å². The van der Waals surface area contributed by atoms with Crippen LogP contribution in [0.1, 0.15) is 42.6 Å². The largest absolute Gasteiger partial charge is 0.330 e. The second-order valence-corrected chi connectivity index (χ2v) is 10.4. The van der Waals surface area contributed by atoms with Crippen LogP contribution < -0.4 is 5.32 Å². The molecule has 0 saturated carbocycles. The molecule has 9 heteroatoms. The Bertz CT molecular complexity index is 1500. The molecule has 1 spiro atoms. The molecule has 2 aromatic carbocycles. The lowest BCUT2D eigenvalue weighted by Gasteiger charge is -2.32. The fourth-order valence-corrected chi connectivity index (χ4v) is 5.69. The monoisotopic (exact) mass is 513 g/mol. The molecule has 3 atom stereocenters. The number of halogens is 1. The van der Waals surface area contributed by atoms with Gasteiger partial charge in [-0.3, -0.25) is 29.1 Å². The van der Waals surface area contributed by atoms with Gasteiger partial charge >= 0.3 is 6.17 Å². The minimum Gasteiger partial charge on any atom is -0.330 e. The maximum atomic E-state index is 15.0. The van der Waals surface area contributed by atoms with Crippen molar-refractivity contribution in [3.05, 3.63) is 83.2 Å². The highest BCUT2D eigenvalue weighted by atomic mass is 19.1. The van der Waals surface area contributed by atoms with Crippen molar-refractivity contribution in [3.63, 3.8) is 0 Å². The Balaban J connectivity index is 1.50. The Morgan fingerprint density at radius 3 is 2.76 bits per heavy atom. The maximum Gasteiger partial charge on any atom is 0.302 e. The molecule has 0 unspecified atom stereocenters. The number of aromatic nitrogens is 1. The van der Waals surface area contributed by atoms with Crippen LogP contribution in [0.15, 0.2) is 54.9 Å². The molecule has 3 heterocycles. The number of anilines is 1. The SMILES string of the molecule is [C-]#[N+][C@@H]1C[C@@]2(CN1C(=O)[C@H](CC(C)C)N(C)C(=O)c1c(F)ccc3ccncc13)C(=O)Nc1ccccc12. The van der Waals surface area contributed by atoms with Gasteiger partial charge in [-0.1, -0.05) is 38.1 Å². The predicted octanol–water partition coefficient (Wildman–Crippen LogP) is 4.23. The first-order valence-corrected chi connectivity index (χ1v) is 12.6. The third-order valence-electron chi connectivity index (χ3n) is 7.64. The predicted molar refractivity (Wildman–Crippen MR) is 141 cm³/mol. The summed E-state index contributed by atoms with van der Waals surface area (Å²) in [6.45, 7) is 11.7. The molecule has 8 nitrogen and oxygen atoms in total. The highest BCUT2D eigenvalue weighted by Gasteiger charge is 2.59. The van der Waals surface area contributed by atoms with Gasteiger partial charge < -0.3 is 10.2 Å². The van der Waals surface area contributed by atoms with Crippen molar-refractivity contribution < 1.29 is 18.8 Å². The number of likely N-dealkylation sites (tertiary alicyclic amines) is 1. The summed E-state index contributed by atoms with van der Waals surface area (Å²) in [4.78, 5) is 51.4. The average molecular weight is 514 g/mol. The molecule has 0 bridgehead atoms. The van der Waals surface area contributed by atoms with Crippen LogP contribution in [0.3, 0.4) is 0 Å². The minimum absolute atomic E-state index is 0.0247. The van der Waals surface area contributed by atoms with Gasteiger partial charge in [0.25, 0.3) is 11.8 Å². The topological polar surface area (TPSA) is 87.0 Å². The number of fused-ring (bicyclic) bond motifs is 3. The summed E-state index contributed by atoms with van der Waals surface area (Å²) in [5.74, 6) is -1.98. The van der Waals surface area contributed by atoms with Gasteiger partial charge in [0.2, 0.25) is 5.91 Å². The van der Waals surface area contributed by atoms with Gasteiger partial charge in [-0.15, -0.1) is 0 Å². The highest BCUT2D eigenvalue weighted by molar-refractivity contribution is 6.09. The van der Waals surface area contributed by atoms with Crippen LogP contribution in [0.5, 0.6) is 0 Å². The normalized spacial score (nSPS) is 20.9. The van der Waals surface area contributed by atoms with Crippen LogP contribution in [0.2, 0.25) is 0 Å². The number of hydrogen-bond acceptors (Lipinski definition) is 4. The van der Waals surface area contributed by atoms with Crippen molar-refractivity contribution in [2.75, 3.05) is 18.9 Å². The van der Waals surface area contributed by atoms with Crippen LogP contribution in [0.4, 0.5) is 10.1 Å². The van der Waals surface area contributed by atoms with Gasteiger partial charge in [0.1, 0.15) is 17.3 Å². The number of hydrogen-bond donors (Lipinski definition) is 1. The van der Waals surface area contributed by atoms with Crippen LogP contribution in [0, 0.1) is 18.3 Å². The van der Waals surface area contributed by atoms with E-state index in [1.54, 1.807) is 24.4 Å². The van der Waals surface area contributed by atoms with Crippen LogP contribution in [0.25, 0.3) is 15.6 Å². The smallest absolute Gasteiger partial charge is 0.302 e. The van der Waals surface area contributed by atoms with Gasteiger partial charge in [-0.2, -0.15) is 0 Å². The summed E-state index contributed by atoms with van der Waals surface area (Å²) in [5, 5.41) is 3.91. The quantitative estimate of drug-likeness (QED) is 0.518. The summed E-state index contributed by atoms with van der Waals surface area (Å²) in [7, 11) is 1.48. The highest BCUT2D eigenvalue weighted by Crippen LogP contribution is 2.47. The number of likely N-dealkylation sites (N-methyl/N-ethyl adjacent to an activating group) is 1. The molecule has 0 radical (unpaired) electrons. The molecule has 3 amide bonds. The Kier molecular flexibility index (Phi) is 6.35. The average Bonchev–Trinajstić information content (AvgIpc) is 3.44. The first-order valence-electron chi connectivity index (χ1n) is 12.6. The first-order chi connectivity index (χ1) is 18.2. The molecule has 2 aliphatic rings. The number of para-hydroxylation sites is 1. The molecular formula is C29H28FN5O3. The number of benzene rings is 2.